The molecule has 0 aromatic heterocycles. The van der Waals surface area contributed by atoms with Gasteiger partial charge in [-0.25, -0.2) is 0 Å². The Balaban J connectivity index is 2.51. The van der Waals surface area contributed by atoms with Crippen molar-refractivity contribution in [3.63, 3.8) is 0 Å². The Morgan fingerprint density at radius 2 is 1.92 bits per heavy atom. The van der Waals surface area contributed by atoms with E-state index in [1.54, 1.807) is 0 Å². The van der Waals surface area contributed by atoms with Crippen molar-refractivity contribution in [3.8, 4) is 6.07 Å². The Hall–Kier alpha value is -1.81. The van der Waals surface area contributed by atoms with E-state index in [-0.39, 0.29) is 0 Å². The minimum atomic E-state index is 0.770. The van der Waals surface area contributed by atoms with Gasteiger partial charge < -0.3 is 0 Å². The third-order valence-corrected chi connectivity index (χ3v) is 2.15. The molecule has 0 saturated carbocycles. The van der Waals surface area contributed by atoms with Crippen LogP contribution < -0.4 is 0 Å². The van der Waals surface area contributed by atoms with Gasteiger partial charge in [-0.15, -0.1) is 0 Å². The van der Waals surface area contributed by atoms with E-state index >= 15 is 0 Å². The van der Waals surface area contributed by atoms with E-state index < -0.39 is 0 Å². The molecule has 0 unspecified atom stereocenters. The molecule has 2 rings (SSSR count). The number of rotatable bonds is 0. The Kier molecular flexibility index (Phi) is 1.97. The molecule has 0 aliphatic heterocycles. The van der Waals surface area contributed by atoms with E-state index in [1.165, 1.54) is 5.57 Å². The molecule has 2 aliphatic carbocycles. The fourth-order valence-electron chi connectivity index (χ4n) is 1.47. The van der Waals surface area contributed by atoms with Gasteiger partial charge in [0.1, 0.15) is 0 Å². The average molecular weight is 167 g/mol. The molecule has 13 heavy (non-hydrogen) atoms. The van der Waals surface area contributed by atoms with Crippen molar-refractivity contribution in [3.05, 3.63) is 59.3 Å². The Morgan fingerprint density at radius 3 is 2.77 bits per heavy atom. The second-order valence-electron chi connectivity index (χ2n) is 3.05. The highest BCUT2D eigenvalue weighted by Crippen LogP contribution is 2.24. The highest BCUT2D eigenvalue weighted by Gasteiger charge is 2.08. The quantitative estimate of drug-likeness (QED) is 0.544. The van der Waals surface area contributed by atoms with Crippen LogP contribution in [-0.2, 0) is 0 Å². The van der Waals surface area contributed by atoms with Crippen LogP contribution in [0.4, 0.5) is 0 Å². The zero-order chi connectivity index (χ0) is 9.10. The molecule has 62 valence electrons. The molecule has 0 amide bonds. The largest absolute Gasteiger partial charge is 0.192 e. The first-order chi connectivity index (χ1) is 6.40. The number of hydrogen-bond donors (Lipinski definition) is 0. The van der Waals surface area contributed by atoms with E-state index in [1.807, 2.05) is 36.5 Å². The molecule has 0 saturated heterocycles. The lowest BCUT2D eigenvalue weighted by molar-refractivity contribution is 1.20. The SMILES string of the molecule is N#CC1=CC=CC2=CC=CC=C1C2. The maximum Gasteiger partial charge on any atom is 0.0994 e. The molecule has 2 aliphatic rings. The van der Waals surface area contributed by atoms with Gasteiger partial charge in [-0.2, -0.15) is 5.26 Å². The molecule has 0 N–H and O–H groups in total. The van der Waals surface area contributed by atoms with E-state index in [2.05, 4.69) is 12.1 Å². The summed E-state index contributed by atoms with van der Waals surface area (Å²) >= 11 is 0. The van der Waals surface area contributed by atoms with Crippen LogP contribution in [0.5, 0.6) is 0 Å². The third kappa shape index (κ3) is 1.52. The van der Waals surface area contributed by atoms with Gasteiger partial charge in [0.25, 0.3) is 0 Å². The fraction of sp³-hybridized carbons (Fsp3) is 0.0833. The highest BCUT2D eigenvalue weighted by molar-refractivity contribution is 5.53. The molecule has 0 spiro atoms. The van der Waals surface area contributed by atoms with Crippen LogP contribution in [0.3, 0.4) is 0 Å². The van der Waals surface area contributed by atoms with Crippen molar-refractivity contribution in [2.45, 2.75) is 6.42 Å². The number of nitriles is 1. The molecular weight excluding hydrogens is 158 g/mol. The van der Waals surface area contributed by atoms with Crippen molar-refractivity contribution in [1.29, 1.82) is 5.26 Å². The number of fused-ring (bicyclic) bond motifs is 2. The molecule has 0 aromatic rings. The molecule has 0 fully saturated rings. The zero-order valence-electron chi connectivity index (χ0n) is 7.20. The lowest BCUT2D eigenvalue weighted by Gasteiger charge is -2.01. The summed E-state index contributed by atoms with van der Waals surface area (Å²) in [7, 11) is 0. The minimum absolute atomic E-state index is 0.770. The summed E-state index contributed by atoms with van der Waals surface area (Å²) in [4.78, 5) is 0. The lowest BCUT2D eigenvalue weighted by atomic mass is 10.0. The second kappa shape index (κ2) is 3.28. The summed E-state index contributed by atoms with van der Waals surface area (Å²) in [5.74, 6) is 0. The van der Waals surface area contributed by atoms with Crippen molar-refractivity contribution >= 4 is 0 Å². The van der Waals surface area contributed by atoms with Crippen molar-refractivity contribution in [1.82, 2.24) is 0 Å². The minimum Gasteiger partial charge on any atom is -0.192 e. The molecule has 0 aromatic carbocycles. The second-order valence-corrected chi connectivity index (χ2v) is 3.05. The summed E-state index contributed by atoms with van der Waals surface area (Å²) in [5, 5.41) is 8.88. The monoisotopic (exact) mass is 167 g/mol. The van der Waals surface area contributed by atoms with Gasteiger partial charge in [0.2, 0.25) is 0 Å². The van der Waals surface area contributed by atoms with Crippen LogP contribution in [-0.4, -0.2) is 0 Å². The van der Waals surface area contributed by atoms with Crippen LogP contribution in [0, 0.1) is 11.3 Å². The number of nitrogens with zero attached hydrogens (tertiary/aromatic N) is 1. The maximum absolute atomic E-state index is 8.88. The topological polar surface area (TPSA) is 23.8 Å². The smallest absolute Gasteiger partial charge is 0.0994 e. The Labute approximate surface area is 77.7 Å². The number of hydrogen-bond acceptors (Lipinski definition) is 1. The summed E-state index contributed by atoms with van der Waals surface area (Å²) in [6.07, 6.45) is 14.8. The predicted octanol–water partition coefficient (Wildman–Crippen LogP) is 2.82. The van der Waals surface area contributed by atoms with Crippen LogP contribution >= 0.6 is 0 Å². The van der Waals surface area contributed by atoms with E-state index in [4.69, 9.17) is 5.26 Å². The van der Waals surface area contributed by atoms with Crippen LogP contribution in [0.2, 0.25) is 0 Å². The molecule has 0 atom stereocenters. The Morgan fingerprint density at radius 1 is 1.08 bits per heavy atom. The zero-order valence-corrected chi connectivity index (χ0v) is 7.20. The van der Waals surface area contributed by atoms with Gasteiger partial charge in [0.05, 0.1) is 11.6 Å². The normalized spacial score (nSPS) is 19.2. The van der Waals surface area contributed by atoms with E-state index in [0.717, 1.165) is 17.6 Å². The van der Waals surface area contributed by atoms with Crippen molar-refractivity contribution in [2.24, 2.45) is 0 Å². The van der Waals surface area contributed by atoms with Crippen LogP contribution in [0.1, 0.15) is 6.42 Å². The Bertz CT molecular complexity index is 409. The molecule has 0 heterocycles. The molecule has 1 nitrogen and oxygen atoms in total. The van der Waals surface area contributed by atoms with Gasteiger partial charge in [-0.1, -0.05) is 36.5 Å². The number of allylic oxidation sites excluding steroid dienone is 10. The van der Waals surface area contributed by atoms with E-state index in [9.17, 15) is 0 Å². The van der Waals surface area contributed by atoms with Gasteiger partial charge in [-0.3, -0.25) is 0 Å². The molecule has 0 radical (unpaired) electrons. The molecule has 2 bridgehead atoms. The third-order valence-electron chi connectivity index (χ3n) is 2.15. The first-order valence-corrected chi connectivity index (χ1v) is 4.25. The van der Waals surface area contributed by atoms with Gasteiger partial charge in [0, 0.05) is 0 Å². The summed E-state index contributed by atoms with van der Waals surface area (Å²) in [5.41, 5.74) is 3.13. The maximum atomic E-state index is 8.88. The average Bonchev–Trinajstić information content (AvgIpc) is 2.49. The fourth-order valence-corrected chi connectivity index (χ4v) is 1.47. The highest BCUT2D eigenvalue weighted by atomic mass is 14.3. The van der Waals surface area contributed by atoms with E-state index in [0.29, 0.717) is 0 Å². The first kappa shape index (κ1) is 7.82. The summed E-state index contributed by atoms with van der Waals surface area (Å²) < 4.78 is 0. The van der Waals surface area contributed by atoms with Crippen LogP contribution in [0.25, 0.3) is 0 Å². The van der Waals surface area contributed by atoms with Gasteiger partial charge in [0.15, 0.2) is 0 Å². The van der Waals surface area contributed by atoms with Crippen molar-refractivity contribution < 1.29 is 0 Å². The summed E-state index contributed by atoms with van der Waals surface area (Å²) in [6.45, 7) is 0. The molecule has 1 heteroatoms. The standard InChI is InChI=1S/C12H9N/c13-9-12-7-3-5-10-4-1-2-6-11(12)8-10/h1-7H,8H2. The predicted molar refractivity (Wildman–Crippen MR) is 52.8 cm³/mol. The lowest BCUT2D eigenvalue weighted by Crippen LogP contribution is -1.86. The van der Waals surface area contributed by atoms with Crippen molar-refractivity contribution in [2.75, 3.05) is 0 Å². The van der Waals surface area contributed by atoms with Crippen LogP contribution in [0.15, 0.2) is 59.3 Å². The van der Waals surface area contributed by atoms with Gasteiger partial charge >= 0.3 is 0 Å². The first-order valence-electron chi connectivity index (χ1n) is 4.25. The summed E-state index contributed by atoms with van der Waals surface area (Å²) in [6, 6.07) is 2.21. The van der Waals surface area contributed by atoms with Gasteiger partial charge in [-0.05, 0) is 23.6 Å². The molecular formula is C12H9N.